The molecule has 0 amide bonds. The smallest absolute Gasteiger partial charge is 0.481 e. The van der Waals surface area contributed by atoms with Crippen molar-refractivity contribution < 1.29 is 52.4 Å². The molecular weight excluding hydrogens is 478 g/mol. The van der Waals surface area contributed by atoms with Gasteiger partial charge in [0.25, 0.3) is 0 Å². The van der Waals surface area contributed by atoms with Gasteiger partial charge in [0, 0.05) is 6.42 Å². The van der Waals surface area contributed by atoms with Crippen molar-refractivity contribution in [2.24, 2.45) is 0 Å². The highest BCUT2D eigenvalue weighted by atomic mass is 31.3. The molecule has 0 aromatic carbocycles. The molecule has 5 N–H and O–H groups in total. The van der Waals surface area contributed by atoms with Crippen LogP contribution in [-0.2, 0) is 27.3 Å². The molecule has 0 heterocycles. The third-order valence-corrected chi connectivity index (χ3v) is 7.00. The second kappa shape index (κ2) is 15.2. The summed E-state index contributed by atoms with van der Waals surface area (Å²) < 4.78 is 37.3. The van der Waals surface area contributed by atoms with Gasteiger partial charge in [0.15, 0.2) is 0 Å². The van der Waals surface area contributed by atoms with Gasteiger partial charge >= 0.3 is 21.6 Å². The zero-order valence-corrected chi connectivity index (χ0v) is 21.5. The molecule has 0 aliphatic carbocycles. The van der Waals surface area contributed by atoms with Gasteiger partial charge in [-0.15, -0.1) is 0 Å². The number of rotatable bonds is 18. The molecule has 33 heavy (non-hydrogen) atoms. The second-order valence-electron chi connectivity index (χ2n) is 8.44. The van der Waals surface area contributed by atoms with E-state index in [4.69, 9.17) is 5.11 Å². The standard InChI is InChI=1S/C20H38O11P2/c1-16(2)8-7-9-17(3)11-13-30-33(27,28)31-32(25,26)29-12-6-5-10-18(21)14-20(4,24)15-19(22)23/h8,11,18,21,24H,5-7,9-10,12-15H2,1-4H3,(H,22,23)(H,25,26)(H,27,28)/b17-11+. The molecule has 11 nitrogen and oxygen atoms in total. The lowest BCUT2D eigenvalue weighted by Gasteiger charge is -2.24. The highest BCUT2D eigenvalue weighted by molar-refractivity contribution is 7.61. The van der Waals surface area contributed by atoms with Crippen LogP contribution in [0.2, 0.25) is 0 Å². The molecule has 0 bridgehead atoms. The van der Waals surface area contributed by atoms with Gasteiger partial charge < -0.3 is 25.1 Å². The molecule has 0 aromatic heterocycles. The number of carboxylic acid groups (broad SMARTS) is 1. The Bertz CT molecular complexity index is 757. The average Bonchev–Trinajstić information content (AvgIpc) is 2.57. The highest BCUT2D eigenvalue weighted by Gasteiger charge is 2.35. The Labute approximate surface area is 195 Å². The molecule has 0 radical (unpaired) electrons. The Kier molecular flexibility index (Phi) is 14.8. The second-order valence-corrected chi connectivity index (χ2v) is 11.5. The maximum absolute atomic E-state index is 11.9. The highest BCUT2D eigenvalue weighted by Crippen LogP contribution is 2.60. The molecule has 0 fully saturated rings. The van der Waals surface area contributed by atoms with Crippen LogP contribution in [0.5, 0.6) is 0 Å². The molecule has 0 aliphatic rings. The van der Waals surface area contributed by atoms with Gasteiger partial charge in [-0.05, 0) is 59.8 Å². The predicted molar refractivity (Wildman–Crippen MR) is 122 cm³/mol. The van der Waals surface area contributed by atoms with Crippen LogP contribution >= 0.6 is 15.6 Å². The molecule has 0 rings (SSSR count). The van der Waals surface area contributed by atoms with Gasteiger partial charge in [0.2, 0.25) is 0 Å². The third kappa shape index (κ3) is 19.2. The van der Waals surface area contributed by atoms with Crippen LogP contribution < -0.4 is 0 Å². The van der Waals surface area contributed by atoms with E-state index in [0.29, 0.717) is 6.42 Å². The van der Waals surface area contributed by atoms with Crippen LogP contribution in [0.1, 0.15) is 72.6 Å². The SMILES string of the molecule is CC(C)=CCC/C(C)=C/COP(=O)(O)OP(=O)(O)OCCCCC(O)CC(C)(O)CC(=O)O. The van der Waals surface area contributed by atoms with E-state index in [9.17, 15) is 33.9 Å². The van der Waals surface area contributed by atoms with E-state index in [1.807, 2.05) is 20.8 Å². The summed E-state index contributed by atoms with van der Waals surface area (Å²) in [5, 5.41) is 28.5. The minimum absolute atomic E-state index is 0.143. The van der Waals surface area contributed by atoms with Gasteiger partial charge in [-0.25, -0.2) is 9.13 Å². The van der Waals surface area contributed by atoms with Crippen molar-refractivity contribution in [2.45, 2.75) is 84.3 Å². The first kappa shape index (κ1) is 32.1. The fraction of sp³-hybridized carbons (Fsp3) is 0.750. The Hall–Kier alpha value is -0.870. The maximum Gasteiger partial charge on any atom is 0.481 e. The Balaban J connectivity index is 4.27. The molecule has 0 saturated carbocycles. The number of phosphoric ester groups is 2. The average molecular weight is 516 g/mol. The van der Waals surface area contributed by atoms with E-state index >= 15 is 0 Å². The van der Waals surface area contributed by atoms with E-state index < -0.39 is 39.7 Å². The number of hydrogen-bond donors (Lipinski definition) is 5. The van der Waals surface area contributed by atoms with E-state index in [0.717, 1.165) is 18.4 Å². The number of phosphoric acid groups is 2. The first-order valence-corrected chi connectivity index (χ1v) is 13.6. The number of aliphatic hydroxyl groups is 2. The zero-order chi connectivity index (χ0) is 25.7. The van der Waals surface area contributed by atoms with Gasteiger partial charge in [-0.2, -0.15) is 4.31 Å². The quantitative estimate of drug-likeness (QED) is 0.101. The summed E-state index contributed by atoms with van der Waals surface area (Å²) in [7, 11) is -9.68. The lowest BCUT2D eigenvalue weighted by molar-refractivity contribution is -0.142. The number of aliphatic carboxylic acids is 1. The van der Waals surface area contributed by atoms with Crippen LogP contribution in [0, 0.1) is 0 Å². The monoisotopic (exact) mass is 516 g/mol. The molecule has 0 spiro atoms. The van der Waals surface area contributed by atoms with Crippen LogP contribution in [-0.4, -0.2) is 56.0 Å². The largest absolute Gasteiger partial charge is 0.481 e. The van der Waals surface area contributed by atoms with Crippen molar-refractivity contribution in [1.29, 1.82) is 0 Å². The molecule has 13 heteroatoms. The summed E-state index contributed by atoms with van der Waals surface area (Å²) in [6, 6.07) is 0. The summed E-state index contributed by atoms with van der Waals surface area (Å²) in [6.45, 7) is 6.53. The number of hydrogen-bond acceptors (Lipinski definition) is 8. The molecule has 194 valence electrons. The zero-order valence-electron chi connectivity index (χ0n) is 19.7. The fourth-order valence-corrected chi connectivity index (χ4v) is 4.85. The van der Waals surface area contributed by atoms with E-state index in [-0.39, 0.29) is 32.5 Å². The van der Waals surface area contributed by atoms with Crippen molar-refractivity contribution in [3.63, 3.8) is 0 Å². The number of aliphatic hydroxyl groups excluding tert-OH is 1. The van der Waals surface area contributed by atoms with E-state index in [1.54, 1.807) is 6.08 Å². The Morgan fingerprint density at radius 3 is 2.24 bits per heavy atom. The van der Waals surface area contributed by atoms with Gasteiger partial charge in [0.1, 0.15) is 0 Å². The van der Waals surface area contributed by atoms with Crippen LogP contribution in [0.15, 0.2) is 23.3 Å². The Morgan fingerprint density at radius 1 is 1.06 bits per heavy atom. The summed E-state index contributed by atoms with van der Waals surface area (Å²) >= 11 is 0. The summed E-state index contributed by atoms with van der Waals surface area (Å²) in [5.41, 5.74) is 0.548. The van der Waals surface area contributed by atoms with Crippen molar-refractivity contribution in [1.82, 2.24) is 0 Å². The number of allylic oxidation sites excluding steroid dienone is 3. The lowest BCUT2D eigenvalue weighted by atomic mass is 9.93. The Morgan fingerprint density at radius 2 is 1.67 bits per heavy atom. The molecule has 0 aromatic rings. The van der Waals surface area contributed by atoms with Crippen LogP contribution in [0.25, 0.3) is 0 Å². The number of unbranched alkanes of at least 4 members (excludes halogenated alkanes) is 1. The van der Waals surface area contributed by atoms with E-state index in [1.165, 1.54) is 12.5 Å². The number of carboxylic acids is 1. The molecule has 4 atom stereocenters. The normalized spacial score (nSPS) is 18.6. The number of carbonyl (C=O) groups is 1. The van der Waals surface area contributed by atoms with Gasteiger partial charge in [-0.1, -0.05) is 23.3 Å². The topological polar surface area (TPSA) is 180 Å². The van der Waals surface area contributed by atoms with Crippen molar-refractivity contribution >= 4 is 21.6 Å². The molecule has 4 unspecified atom stereocenters. The molecule has 0 saturated heterocycles. The minimum atomic E-state index is -4.85. The minimum Gasteiger partial charge on any atom is -0.481 e. The van der Waals surface area contributed by atoms with Gasteiger partial charge in [0.05, 0.1) is 31.3 Å². The summed E-state index contributed by atoms with van der Waals surface area (Å²) in [5.74, 6) is -1.19. The van der Waals surface area contributed by atoms with Crippen molar-refractivity contribution in [2.75, 3.05) is 13.2 Å². The van der Waals surface area contributed by atoms with Crippen molar-refractivity contribution in [3.8, 4) is 0 Å². The molecular formula is C20H38O11P2. The van der Waals surface area contributed by atoms with E-state index in [2.05, 4.69) is 19.4 Å². The third-order valence-electron chi connectivity index (χ3n) is 4.36. The van der Waals surface area contributed by atoms with Gasteiger partial charge in [-0.3, -0.25) is 13.8 Å². The van der Waals surface area contributed by atoms with Crippen LogP contribution in [0.3, 0.4) is 0 Å². The van der Waals surface area contributed by atoms with Crippen molar-refractivity contribution in [3.05, 3.63) is 23.3 Å². The molecule has 0 aliphatic heterocycles. The first-order chi connectivity index (χ1) is 15.0. The summed E-state index contributed by atoms with van der Waals surface area (Å²) in [6.07, 6.45) is 4.29. The first-order valence-electron chi connectivity index (χ1n) is 10.6. The van der Waals surface area contributed by atoms with Crippen LogP contribution in [0.4, 0.5) is 0 Å². The summed E-state index contributed by atoms with van der Waals surface area (Å²) in [4.78, 5) is 29.9. The lowest BCUT2D eigenvalue weighted by Crippen LogP contribution is -2.32. The fourth-order valence-electron chi connectivity index (χ4n) is 2.81. The predicted octanol–water partition coefficient (Wildman–Crippen LogP) is 4.08. The maximum atomic E-state index is 11.9.